The number of methoxy groups -OCH3 is 1. The first kappa shape index (κ1) is 23.9. The van der Waals surface area contributed by atoms with Gasteiger partial charge in [0.25, 0.3) is 0 Å². The third kappa shape index (κ3) is 5.94. The zero-order valence-electron chi connectivity index (χ0n) is 20.1. The predicted molar refractivity (Wildman–Crippen MR) is 128 cm³/mol. The van der Waals surface area contributed by atoms with E-state index in [-0.39, 0.29) is 5.97 Å². The van der Waals surface area contributed by atoms with Crippen LogP contribution in [-0.4, -0.2) is 57.3 Å². The Balaban J connectivity index is 1.41. The number of unbranched alkanes of at least 4 members (excludes halogenated alkanes) is 1. The minimum atomic E-state index is -0.298. The van der Waals surface area contributed by atoms with Crippen molar-refractivity contribution >= 4 is 11.7 Å². The zero-order valence-corrected chi connectivity index (χ0v) is 20.1. The molecule has 0 amide bonds. The first-order valence-electron chi connectivity index (χ1n) is 11.4. The molecular weight excluding hydrogens is 404 g/mol. The summed E-state index contributed by atoms with van der Waals surface area (Å²) in [6.45, 7) is 13.3. The molecule has 1 aliphatic heterocycles. The lowest BCUT2D eigenvalue weighted by atomic mass is 10.0. The van der Waals surface area contributed by atoms with E-state index in [2.05, 4.69) is 21.9 Å². The molecule has 1 heterocycles. The van der Waals surface area contributed by atoms with Crippen LogP contribution in [0.4, 0.5) is 5.69 Å². The third-order valence-corrected chi connectivity index (χ3v) is 6.15. The lowest BCUT2D eigenvalue weighted by Gasteiger charge is -2.36. The molecule has 0 aliphatic carbocycles. The van der Waals surface area contributed by atoms with Gasteiger partial charge in [0, 0.05) is 33.1 Å². The van der Waals surface area contributed by atoms with Crippen LogP contribution in [0.1, 0.15) is 36.5 Å². The van der Waals surface area contributed by atoms with Crippen molar-refractivity contribution in [3.63, 3.8) is 0 Å². The van der Waals surface area contributed by atoms with Crippen molar-refractivity contribution in [3.05, 3.63) is 47.0 Å². The summed E-state index contributed by atoms with van der Waals surface area (Å²) in [6.07, 6.45) is 2.12. The standard InChI is InChI=1S/C26H36N2O4/c1-19-18-25(20(2)21(3)26(19)32-22(4)29)31-17-9-8-12-27-13-15-28(16-14-27)23-10-6-7-11-24(23)30-5/h6-7,10-11,18H,8-9,12-17H2,1-5H3. The number of benzene rings is 2. The number of aryl methyl sites for hydroxylation is 1. The number of anilines is 1. The molecule has 0 saturated carbocycles. The van der Waals surface area contributed by atoms with E-state index >= 15 is 0 Å². The molecule has 6 heteroatoms. The fourth-order valence-electron chi connectivity index (χ4n) is 4.19. The van der Waals surface area contributed by atoms with Gasteiger partial charge in [-0.15, -0.1) is 0 Å². The molecule has 6 nitrogen and oxygen atoms in total. The van der Waals surface area contributed by atoms with Gasteiger partial charge in [0.15, 0.2) is 0 Å². The van der Waals surface area contributed by atoms with Crippen molar-refractivity contribution in [2.24, 2.45) is 0 Å². The maximum atomic E-state index is 11.3. The monoisotopic (exact) mass is 440 g/mol. The molecule has 0 bridgehead atoms. The molecule has 0 spiro atoms. The Labute approximate surface area is 192 Å². The number of ether oxygens (including phenoxy) is 3. The second-order valence-corrected chi connectivity index (χ2v) is 8.42. The van der Waals surface area contributed by atoms with Gasteiger partial charge in [-0.05, 0) is 75.0 Å². The van der Waals surface area contributed by atoms with E-state index in [9.17, 15) is 4.79 Å². The Morgan fingerprint density at radius 2 is 1.69 bits per heavy atom. The minimum Gasteiger partial charge on any atom is -0.495 e. The maximum absolute atomic E-state index is 11.3. The zero-order chi connectivity index (χ0) is 23.1. The van der Waals surface area contributed by atoms with Crippen LogP contribution in [0.3, 0.4) is 0 Å². The summed E-state index contributed by atoms with van der Waals surface area (Å²) < 4.78 is 16.9. The third-order valence-electron chi connectivity index (χ3n) is 6.15. The van der Waals surface area contributed by atoms with Gasteiger partial charge >= 0.3 is 5.97 Å². The normalized spacial score (nSPS) is 14.3. The summed E-state index contributed by atoms with van der Waals surface area (Å²) in [5.41, 5.74) is 4.09. The van der Waals surface area contributed by atoms with Crippen LogP contribution in [0.25, 0.3) is 0 Å². The summed E-state index contributed by atoms with van der Waals surface area (Å²) in [4.78, 5) is 16.3. The van der Waals surface area contributed by atoms with E-state index in [0.717, 1.165) is 73.8 Å². The highest BCUT2D eigenvalue weighted by Crippen LogP contribution is 2.33. The molecule has 2 aromatic rings. The van der Waals surface area contributed by atoms with Crippen LogP contribution in [0.2, 0.25) is 0 Å². The first-order valence-corrected chi connectivity index (χ1v) is 11.4. The van der Waals surface area contributed by atoms with Crippen molar-refractivity contribution in [1.29, 1.82) is 0 Å². The molecule has 0 unspecified atom stereocenters. The van der Waals surface area contributed by atoms with Gasteiger partial charge in [0.2, 0.25) is 0 Å². The molecule has 2 aromatic carbocycles. The van der Waals surface area contributed by atoms with Gasteiger partial charge in [0.1, 0.15) is 17.2 Å². The summed E-state index contributed by atoms with van der Waals surface area (Å²) in [5, 5.41) is 0. The first-order chi connectivity index (χ1) is 15.4. The van der Waals surface area contributed by atoms with Crippen LogP contribution in [0.15, 0.2) is 30.3 Å². The van der Waals surface area contributed by atoms with Crippen molar-refractivity contribution < 1.29 is 19.0 Å². The van der Waals surface area contributed by atoms with E-state index in [1.54, 1.807) is 7.11 Å². The van der Waals surface area contributed by atoms with Crippen LogP contribution in [-0.2, 0) is 4.79 Å². The average molecular weight is 441 g/mol. The molecule has 174 valence electrons. The van der Waals surface area contributed by atoms with E-state index in [4.69, 9.17) is 14.2 Å². The highest BCUT2D eigenvalue weighted by molar-refractivity contribution is 5.71. The molecule has 0 N–H and O–H groups in total. The Bertz CT molecular complexity index is 920. The maximum Gasteiger partial charge on any atom is 0.308 e. The highest BCUT2D eigenvalue weighted by Gasteiger charge is 2.19. The highest BCUT2D eigenvalue weighted by atomic mass is 16.5. The van der Waals surface area contributed by atoms with Gasteiger partial charge in [-0.2, -0.15) is 0 Å². The Hall–Kier alpha value is -2.73. The molecule has 0 aromatic heterocycles. The second kappa shape index (κ2) is 11.2. The number of hydrogen-bond acceptors (Lipinski definition) is 6. The van der Waals surface area contributed by atoms with E-state index in [1.165, 1.54) is 12.6 Å². The van der Waals surface area contributed by atoms with Gasteiger partial charge in [-0.1, -0.05) is 12.1 Å². The number of rotatable bonds is 9. The minimum absolute atomic E-state index is 0.298. The fraction of sp³-hybridized carbons (Fsp3) is 0.500. The van der Waals surface area contributed by atoms with Crippen molar-refractivity contribution in [1.82, 2.24) is 4.90 Å². The number of piperazine rings is 1. The van der Waals surface area contributed by atoms with E-state index in [1.807, 2.05) is 39.0 Å². The Morgan fingerprint density at radius 1 is 0.969 bits per heavy atom. The molecule has 0 radical (unpaired) electrons. The van der Waals surface area contributed by atoms with Crippen LogP contribution >= 0.6 is 0 Å². The SMILES string of the molecule is COc1ccccc1N1CCN(CCCCOc2cc(C)c(OC(C)=O)c(C)c2C)CC1. The lowest BCUT2D eigenvalue weighted by Crippen LogP contribution is -2.46. The lowest BCUT2D eigenvalue weighted by molar-refractivity contribution is -0.131. The van der Waals surface area contributed by atoms with E-state index in [0.29, 0.717) is 12.4 Å². The van der Waals surface area contributed by atoms with Gasteiger partial charge in [-0.25, -0.2) is 0 Å². The fourth-order valence-corrected chi connectivity index (χ4v) is 4.19. The second-order valence-electron chi connectivity index (χ2n) is 8.42. The summed E-state index contributed by atoms with van der Waals surface area (Å²) in [5.74, 6) is 2.17. The van der Waals surface area contributed by atoms with Crippen LogP contribution < -0.4 is 19.1 Å². The Kier molecular flexibility index (Phi) is 8.39. The largest absolute Gasteiger partial charge is 0.495 e. The summed E-state index contributed by atoms with van der Waals surface area (Å²) in [7, 11) is 1.73. The number of carbonyl (C=O) groups is 1. The number of carbonyl (C=O) groups excluding carboxylic acids is 1. The molecule has 32 heavy (non-hydrogen) atoms. The van der Waals surface area contributed by atoms with E-state index < -0.39 is 0 Å². The number of hydrogen-bond donors (Lipinski definition) is 0. The predicted octanol–water partition coefficient (Wildman–Crippen LogP) is 4.53. The Morgan fingerprint density at radius 3 is 2.38 bits per heavy atom. The molecule has 3 rings (SSSR count). The summed E-state index contributed by atoms with van der Waals surface area (Å²) >= 11 is 0. The molecule has 0 atom stereocenters. The number of esters is 1. The molecule has 1 fully saturated rings. The average Bonchev–Trinajstić information content (AvgIpc) is 2.80. The number of para-hydroxylation sites is 2. The smallest absolute Gasteiger partial charge is 0.308 e. The number of nitrogens with zero attached hydrogens (tertiary/aromatic N) is 2. The van der Waals surface area contributed by atoms with Crippen molar-refractivity contribution in [2.75, 3.05) is 51.3 Å². The molecule has 1 aliphatic rings. The molecule has 1 saturated heterocycles. The topological polar surface area (TPSA) is 51.2 Å². The van der Waals surface area contributed by atoms with Crippen LogP contribution in [0, 0.1) is 20.8 Å². The van der Waals surface area contributed by atoms with Gasteiger partial charge in [0.05, 0.1) is 19.4 Å². The quantitative estimate of drug-likeness (QED) is 0.324. The van der Waals surface area contributed by atoms with Crippen molar-refractivity contribution in [2.45, 2.75) is 40.5 Å². The van der Waals surface area contributed by atoms with Gasteiger partial charge < -0.3 is 19.1 Å². The summed E-state index contributed by atoms with van der Waals surface area (Å²) in [6, 6.07) is 10.2. The molecular formula is C26H36N2O4. The van der Waals surface area contributed by atoms with Gasteiger partial charge in [-0.3, -0.25) is 9.69 Å². The van der Waals surface area contributed by atoms with Crippen molar-refractivity contribution in [3.8, 4) is 17.2 Å². The van der Waals surface area contributed by atoms with Crippen LogP contribution in [0.5, 0.6) is 17.2 Å².